The number of fused-ring (bicyclic) bond motifs is 1. The molecule has 2 aromatic rings. The number of aromatic nitrogens is 1. The smallest absolute Gasteiger partial charge is 0.189 e. The normalized spacial score (nSPS) is 11.2. The number of hydrogen-bond acceptors (Lipinski definition) is 1. The zero-order valence-corrected chi connectivity index (χ0v) is 24.5. The molecule has 1 aromatic heterocycles. The maximum absolute atomic E-state index is 12.5. The van der Waals surface area contributed by atoms with Crippen LogP contribution in [0.1, 0.15) is 142 Å². The molecule has 0 aliphatic carbocycles. The first-order valence-electron chi connectivity index (χ1n) is 15.7. The van der Waals surface area contributed by atoms with Crippen molar-refractivity contribution in [2.75, 3.05) is 0 Å². The molecule has 0 fully saturated rings. The Morgan fingerprint density at radius 2 is 1.24 bits per heavy atom. The largest absolute Gasteiger partial charge is 0.347 e. The fraction of sp³-hybridized carbons (Fsp3) is 0.686. The molecule has 1 heterocycles. The van der Waals surface area contributed by atoms with Gasteiger partial charge in [-0.2, -0.15) is 0 Å². The lowest BCUT2D eigenvalue weighted by molar-refractivity contribution is 0.472. The van der Waals surface area contributed by atoms with Gasteiger partial charge in [0, 0.05) is 36.5 Å². The van der Waals surface area contributed by atoms with Gasteiger partial charge < -0.3 is 4.57 Å². The predicted molar refractivity (Wildman–Crippen MR) is 163 cm³/mol. The van der Waals surface area contributed by atoms with Crippen LogP contribution in [0.4, 0.5) is 0 Å². The van der Waals surface area contributed by atoms with Crippen LogP contribution in [0.25, 0.3) is 10.9 Å². The highest BCUT2D eigenvalue weighted by molar-refractivity contribution is 5.79. The molecule has 0 aliphatic rings. The molecule has 0 radical (unpaired) electrons. The minimum atomic E-state index is 0.124. The van der Waals surface area contributed by atoms with Crippen molar-refractivity contribution in [3.05, 3.63) is 46.2 Å². The van der Waals surface area contributed by atoms with E-state index in [1.807, 2.05) is 30.3 Å². The van der Waals surface area contributed by atoms with E-state index in [1.165, 1.54) is 116 Å². The van der Waals surface area contributed by atoms with Crippen molar-refractivity contribution < 1.29 is 0 Å². The van der Waals surface area contributed by atoms with E-state index >= 15 is 0 Å². The maximum atomic E-state index is 12.5. The van der Waals surface area contributed by atoms with E-state index < -0.39 is 0 Å². The first kappa shape index (κ1) is 31.2. The average Bonchev–Trinajstić information content (AvgIpc) is 2.91. The molecule has 0 unspecified atom stereocenters. The van der Waals surface area contributed by atoms with Crippen LogP contribution in [-0.2, 0) is 13.5 Å². The van der Waals surface area contributed by atoms with Crippen molar-refractivity contribution in [2.24, 2.45) is 13.0 Å². The molecule has 2 rings (SSSR count). The number of para-hydroxylation sites is 1. The van der Waals surface area contributed by atoms with Gasteiger partial charge in [-0.05, 0) is 31.4 Å². The van der Waals surface area contributed by atoms with Gasteiger partial charge in [-0.3, -0.25) is 4.79 Å². The van der Waals surface area contributed by atoms with E-state index in [1.54, 1.807) is 0 Å². The fourth-order valence-electron chi connectivity index (χ4n) is 5.44. The van der Waals surface area contributed by atoms with Crippen LogP contribution < -0.4 is 5.43 Å². The van der Waals surface area contributed by atoms with Gasteiger partial charge in [-0.1, -0.05) is 135 Å². The Bertz CT molecular complexity index is 956. The van der Waals surface area contributed by atoms with Crippen LogP contribution in [0.2, 0.25) is 0 Å². The SMILES string of the molecule is CCCCCCCCCCC(C#CCCc1cc(=O)c2ccccc2n1C)CCCCCCCCCC. The molecule has 0 aliphatic heterocycles. The molecule has 37 heavy (non-hydrogen) atoms. The summed E-state index contributed by atoms with van der Waals surface area (Å²) in [5.74, 6) is 7.72. The highest BCUT2D eigenvalue weighted by Crippen LogP contribution is 2.20. The summed E-state index contributed by atoms with van der Waals surface area (Å²) in [4.78, 5) is 12.5. The summed E-state index contributed by atoms with van der Waals surface area (Å²) in [6, 6.07) is 9.71. The van der Waals surface area contributed by atoms with Crippen molar-refractivity contribution in [1.29, 1.82) is 0 Å². The highest BCUT2D eigenvalue weighted by atomic mass is 16.1. The molecule has 2 nitrogen and oxygen atoms in total. The van der Waals surface area contributed by atoms with E-state index in [0.29, 0.717) is 5.92 Å². The third-order valence-corrected chi connectivity index (χ3v) is 7.88. The molecule has 0 saturated carbocycles. The molecule has 0 atom stereocenters. The number of pyridine rings is 1. The molecule has 0 amide bonds. The van der Waals surface area contributed by atoms with Gasteiger partial charge in [0.1, 0.15) is 0 Å². The van der Waals surface area contributed by atoms with Crippen LogP contribution in [0.5, 0.6) is 0 Å². The number of hydrogen-bond donors (Lipinski definition) is 0. The third kappa shape index (κ3) is 12.9. The van der Waals surface area contributed by atoms with Crippen molar-refractivity contribution in [3.63, 3.8) is 0 Å². The van der Waals surface area contributed by atoms with Crippen molar-refractivity contribution in [3.8, 4) is 11.8 Å². The molecular weight excluding hydrogens is 450 g/mol. The van der Waals surface area contributed by atoms with Crippen molar-refractivity contribution in [1.82, 2.24) is 4.57 Å². The summed E-state index contributed by atoms with van der Waals surface area (Å²) in [6.45, 7) is 4.58. The number of aryl methyl sites for hydroxylation is 2. The predicted octanol–water partition coefficient (Wildman–Crippen LogP) is 10.2. The van der Waals surface area contributed by atoms with Crippen molar-refractivity contribution >= 4 is 10.9 Å². The monoisotopic (exact) mass is 505 g/mol. The molecule has 0 spiro atoms. The first-order valence-corrected chi connectivity index (χ1v) is 15.7. The van der Waals surface area contributed by atoms with Crippen molar-refractivity contribution in [2.45, 2.75) is 142 Å². The second-order valence-electron chi connectivity index (χ2n) is 11.1. The minimum Gasteiger partial charge on any atom is -0.347 e. The molecule has 2 heteroatoms. The fourth-order valence-corrected chi connectivity index (χ4v) is 5.44. The van der Waals surface area contributed by atoms with Crippen LogP contribution in [0, 0.1) is 17.8 Å². The Morgan fingerprint density at radius 3 is 1.81 bits per heavy atom. The average molecular weight is 506 g/mol. The summed E-state index contributed by atoms with van der Waals surface area (Å²) in [6.07, 6.45) is 26.2. The number of unbranched alkanes of at least 4 members (excludes halogenated alkanes) is 14. The zero-order chi connectivity index (χ0) is 26.6. The van der Waals surface area contributed by atoms with E-state index in [9.17, 15) is 4.79 Å². The molecule has 206 valence electrons. The second kappa shape index (κ2) is 20.0. The van der Waals surface area contributed by atoms with Crippen LogP contribution in [0.3, 0.4) is 0 Å². The lowest BCUT2D eigenvalue weighted by Gasteiger charge is -2.12. The van der Waals surface area contributed by atoms with E-state index in [-0.39, 0.29) is 5.43 Å². The second-order valence-corrected chi connectivity index (χ2v) is 11.1. The van der Waals surface area contributed by atoms with Gasteiger partial charge in [0.05, 0.1) is 5.52 Å². The Morgan fingerprint density at radius 1 is 0.730 bits per heavy atom. The third-order valence-electron chi connectivity index (χ3n) is 7.88. The lowest BCUT2D eigenvalue weighted by Crippen LogP contribution is -2.11. The van der Waals surface area contributed by atoms with Crippen LogP contribution in [0.15, 0.2) is 35.1 Å². The molecular formula is C35H55NO. The first-order chi connectivity index (χ1) is 18.2. The zero-order valence-electron chi connectivity index (χ0n) is 24.5. The lowest BCUT2D eigenvalue weighted by atomic mass is 9.94. The van der Waals surface area contributed by atoms with Crippen LogP contribution >= 0.6 is 0 Å². The molecule has 0 bridgehead atoms. The quantitative estimate of drug-likeness (QED) is 0.130. The molecule has 0 N–H and O–H groups in total. The van der Waals surface area contributed by atoms with Crippen LogP contribution in [-0.4, -0.2) is 4.57 Å². The summed E-state index contributed by atoms with van der Waals surface area (Å²) in [5, 5.41) is 0.802. The molecule has 1 aromatic carbocycles. The Kier molecular flexibility index (Phi) is 16.9. The number of nitrogens with zero attached hydrogens (tertiary/aromatic N) is 1. The van der Waals surface area contributed by atoms with Gasteiger partial charge >= 0.3 is 0 Å². The number of benzene rings is 1. The van der Waals surface area contributed by atoms with E-state index in [2.05, 4.69) is 37.3 Å². The maximum Gasteiger partial charge on any atom is 0.189 e. The number of rotatable bonds is 20. The van der Waals surface area contributed by atoms with Gasteiger partial charge in [0.15, 0.2) is 5.43 Å². The standard InChI is InChI=1S/C35H55NO/c1-4-6-8-10-12-14-16-18-24-31(25-19-17-15-13-11-9-7-5-2)26-20-21-27-32-30-35(37)33-28-22-23-29-34(33)36(32)3/h22-23,28-31H,4-19,21,24-25,27H2,1-3H3. The Labute approximate surface area is 228 Å². The summed E-state index contributed by atoms with van der Waals surface area (Å²) < 4.78 is 2.16. The summed E-state index contributed by atoms with van der Waals surface area (Å²) in [5.41, 5.74) is 2.22. The van der Waals surface area contributed by atoms with Gasteiger partial charge in [0.2, 0.25) is 0 Å². The minimum absolute atomic E-state index is 0.124. The van der Waals surface area contributed by atoms with Gasteiger partial charge in [-0.25, -0.2) is 0 Å². The van der Waals surface area contributed by atoms with E-state index in [4.69, 9.17) is 0 Å². The topological polar surface area (TPSA) is 22.0 Å². The summed E-state index contributed by atoms with van der Waals surface area (Å²) >= 11 is 0. The van der Waals surface area contributed by atoms with Gasteiger partial charge in [0.25, 0.3) is 0 Å². The molecule has 0 saturated heterocycles. The van der Waals surface area contributed by atoms with E-state index in [0.717, 1.165) is 29.4 Å². The summed E-state index contributed by atoms with van der Waals surface area (Å²) in [7, 11) is 2.07. The Hall–Kier alpha value is -2.01. The highest BCUT2D eigenvalue weighted by Gasteiger charge is 2.07. The Balaban J connectivity index is 1.81. The van der Waals surface area contributed by atoms with Gasteiger partial charge in [-0.15, -0.1) is 5.92 Å².